The molecule has 0 spiro atoms. The summed E-state index contributed by atoms with van der Waals surface area (Å²) in [5, 5.41) is 34.1. The van der Waals surface area contributed by atoms with E-state index in [4.69, 9.17) is 18.9 Å². The van der Waals surface area contributed by atoms with Crippen molar-refractivity contribution in [2.24, 2.45) is 5.92 Å². The fourth-order valence-corrected chi connectivity index (χ4v) is 5.66. The minimum atomic E-state index is -2.40. The van der Waals surface area contributed by atoms with Crippen LogP contribution in [0, 0.1) is 5.92 Å². The number of aliphatic hydroxyl groups excluding tert-OH is 2. The van der Waals surface area contributed by atoms with E-state index in [1.54, 1.807) is 25.1 Å². The summed E-state index contributed by atoms with van der Waals surface area (Å²) in [6, 6.07) is 4.84. The number of carbonyl (C=O) groups excluding carboxylic acids is 2. The Balaban J connectivity index is 1.72. The molecule has 9 heteroatoms. The van der Waals surface area contributed by atoms with Gasteiger partial charge in [-0.3, -0.25) is 9.59 Å². The molecule has 1 saturated carbocycles. The van der Waals surface area contributed by atoms with Crippen molar-refractivity contribution in [2.45, 2.75) is 61.2 Å². The van der Waals surface area contributed by atoms with Crippen LogP contribution < -0.4 is 4.74 Å². The predicted octanol–water partition coefficient (Wildman–Crippen LogP) is -0.454. The number of ether oxygens (including phenoxy) is 4. The number of aliphatic hydroxyl groups is 3. The van der Waals surface area contributed by atoms with Crippen LogP contribution in [-0.2, 0) is 19.0 Å². The first-order valence-corrected chi connectivity index (χ1v) is 9.87. The Morgan fingerprint density at radius 2 is 1.87 bits per heavy atom. The minimum Gasteiger partial charge on any atom is -0.496 e. The van der Waals surface area contributed by atoms with E-state index in [0.29, 0.717) is 11.3 Å². The second-order valence-corrected chi connectivity index (χ2v) is 8.58. The highest BCUT2D eigenvalue weighted by Gasteiger charge is 2.92. The lowest BCUT2D eigenvalue weighted by Crippen LogP contribution is -2.74. The Morgan fingerprint density at radius 3 is 2.43 bits per heavy atom. The first-order valence-electron chi connectivity index (χ1n) is 9.87. The van der Waals surface area contributed by atoms with Crippen LogP contribution in [-0.4, -0.2) is 82.3 Å². The van der Waals surface area contributed by atoms with Gasteiger partial charge < -0.3 is 34.3 Å². The summed E-state index contributed by atoms with van der Waals surface area (Å²) in [4.78, 5) is 26.6. The second-order valence-electron chi connectivity index (χ2n) is 8.58. The zero-order valence-corrected chi connectivity index (χ0v) is 17.0. The number of ketones is 2. The maximum Gasteiger partial charge on any atom is 0.201 e. The van der Waals surface area contributed by atoms with Crippen molar-refractivity contribution in [2.75, 3.05) is 14.2 Å². The van der Waals surface area contributed by atoms with Gasteiger partial charge in [-0.05, 0) is 13.0 Å². The third-order valence-corrected chi connectivity index (χ3v) is 7.40. The average Bonchev–Trinajstić information content (AvgIpc) is 3.65. The van der Waals surface area contributed by atoms with E-state index in [9.17, 15) is 24.9 Å². The van der Waals surface area contributed by atoms with Crippen molar-refractivity contribution in [1.29, 1.82) is 0 Å². The molecule has 9 nitrogen and oxygen atoms in total. The van der Waals surface area contributed by atoms with Crippen LogP contribution in [0.15, 0.2) is 18.2 Å². The van der Waals surface area contributed by atoms with Gasteiger partial charge in [0.1, 0.15) is 24.1 Å². The molecule has 2 aliphatic heterocycles. The van der Waals surface area contributed by atoms with Crippen LogP contribution >= 0.6 is 0 Å². The molecule has 5 rings (SSSR count). The Labute approximate surface area is 172 Å². The Bertz CT molecular complexity index is 962. The SMILES string of the molecule is COc1cccc2c1[C@H](OC)[C@]13O[C@@]1(C2=O)[C@H](O)[C@H](C)[C@@](O)(C(=O)[C@@H]1O[C@H]1C)[C@@H]3O. The van der Waals surface area contributed by atoms with Crippen molar-refractivity contribution < 1.29 is 43.9 Å². The van der Waals surface area contributed by atoms with Crippen LogP contribution in [0.2, 0.25) is 0 Å². The number of hydrogen-bond donors (Lipinski definition) is 3. The molecule has 2 aliphatic carbocycles. The monoisotopic (exact) mass is 420 g/mol. The van der Waals surface area contributed by atoms with E-state index < -0.39 is 64.8 Å². The van der Waals surface area contributed by atoms with Crippen molar-refractivity contribution in [1.82, 2.24) is 0 Å². The fraction of sp³-hybridized carbons (Fsp3) is 0.619. The molecule has 0 radical (unpaired) electrons. The number of hydrogen-bond acceptors (Lipinski definition) is 9. The average molecular weight is 420 g/mol. The van der Waals surface area contributed by atoms with E-state index >= 15 is 0 Å². The molecule has 3 N–H and O–H groups in total. The van der Waals surface area contributed by atoms with Gasteiger partial charge in [-0.25, -0.2) is 0 Å². The summed E-state index contributed by atoms with van der Waals surface area (Å²) in [6.45, 7) is 3.08. The van der Waals surface area contributed by atoms with Gasteiger partial charge in [0.25, 0.3) is 0 Å². The Kier molecular flexibility index (Phi) is 3.93. The van der Waals surface area contributed by atoms with Gasteiger partial charge in [-0.2, -0.15) is 0 Å². The van der Waals surface area contributed by atoms with Crippen LogP contribution in [0.4, 0.5) is 0 Å². The third kappa shape index (κ3) is 1.90. The van der Waals surface area contributed by atoms with Gasteiger partial charge in [-0.15, -0.1) is 0 Å². The smallest absolute Gasteiger partial charge is 0.201 e. The lowest BCUT2D eigenvalue weighted by molar-refractivity contribution is -0.200. The fourth-order valence-electron chi connectivity index (χ4n) is 5.66. The highest BCUT2D eigenvalue weighted by atomic mass is 16.7. The van der Waals surface area contributed by atoms with Crippen molar-refractivity contribution in [3.63, 3.8) is 0 Å². The predicted molar refractivity (Wildman–Crippen MR) is 99.1 cm³/mol. The molecule has 0 unspecified atom stereocenters. The largest absolute Gasteiger partial charge is 0.496 e. The summed E-state index contributed by atoms with van der Waals surface area (Å²) in [5.41, 5.74) is -5.51. The quantitative estimate of drug-likeness (QED) is 0.553. The maximum atomic E-state index is 13.5. The summed E-state index contributed by atoms with van der Waals surface area (Å²) in [7, 11) is 2.79. The summed E-state index contributed by atoms with van der Waals surface area (Å²) in [5.74, 6) is -2.16. The van der Waals surface area contributed by atoms with Gasteiger partial charge in [-0.1, -0.05) is 19.1 Å². The number of methoxy groups -OCH3 is 2. The summed E-state index contributed by atoms with van der Waals surface area (Å²) < 4.78 is 22.2. The molecular formula is C21H24O9. The lowest BCUT2D eigenvalue weighted by atomic mass is 9.55. The molecule has 0 amide bonds. The summed E-state index contributed by atoms with van der Waals surface area (Å²) >= 11 is 0. The molecule has 0 bridgehead atoms. The Morgan fingerprint density at radius 1 is 1.20 bits per heavy atom. The number of fused-ring (bicyclic) bond motifs is 1. The highest BCUT2D eigenvalue weighted by molar-refractivity contribution is 6.11. The van der Waals surface area contributed by atoms with E-state index in [2.05, 4.69) is 0 Å². The minimum absolute atomic E-state index is 0.240. The van der Waals surface area contributed by atoms with E-state index in [-0.39, 0.29) is 5.56 Å². The van der Waals surface area contributed by atoms with E-state index in [0.717, 1.165) is 0 Å². The van der Waals surface area contributed by atoms with E-state index in [1.807, 2.05) is 0 Å². The molecule has 1 aromatic rings. The van der Waals surface area contributed by atoms with Crippen molar-refractivity contribution in [3.8, 4) is 5.75 Å². The topological polar surface area (TPSA) is 138 Å². The molecule has 2 saturated heterocycles. The number of rotatable bonds is 4. The van der Waals surface area contributed by atoms with Crippen molar-refractivity contribution in [3.05, 3.63) is 29.3 Å². The normalized spacial score (nSPS) is 48.3. The number of Topliss-reactive ketones (excluding diaryl/α,β-unsaturated/α-hetero) is 2. The van der Waals surface area contributed by atoms with Crippen molar-refractivity contribution >= 4 is 11.6 Å². The summed E-state index contributed by atoms with van der Waals surface area (Å²) in [6.07, 6.45) is -5.79. The number of carbonyl (C=O) groups is 2. The van der Waals surface area contributed by atoms with E-state index in [1.165, 1.54) is 21.1 Å². The van der Waals surface area contributed by atoms with Crippen LogP contribution in [0.5, 0.6) is 5.75 Å². The van der Waals surface area contributed by atoms with Gasteiger partial charge >= 0.3 is 0 Å². The molecule has 1 aromatic carbocycles. The molecule has 0 aromatic heterocycles. The zero-order valence-electron chi connectivity index (χ0n) is 17.0. The molecule has 2 heterocycles. The molecular weight excluding hydrogens is 396 g/mol. The molecule has 4 aliphatic rings. The lowest BCUT2D eigenvalue weighted by Gasteiger charge is -2.50. The van der Waals surface area contributed by atoms with Gasteiger partial charge in [0.05, 0.1) is 19.3 Å². The first-order chi connectivity index (χ1) is 14.1. The molecule has 30 heavy (non-hydrogen) atoms. The molecule has 9 atom stereocenters. The van der Waals surface area contributed by atoms with Crippen LogP contribution in [0.25, 0.3) is 0 Å². The van der Waals surface area contributed by atoms with Gasteiger partial charge in [0, 0.05) is 24.2 Å². The molecule has 3 fully saturated rings. The number of epoxide rings is 2. The highest BCUT2D eigenvalue weighted by Crippen LogP contribution is 2.71. The maximum absolute atomic E-state index is 13.5. The number of benzene rings is 1. The van der Waals surface area contributed by atoms with Gasteiger partial charge in [0.15, 0.2) is 22.6 Å². The zero-order chi connectivity index (χ0) is 21.8. The third-order valence-electron chi connectivity index (χ3n) is 7.40. The first kappa shape index (κ1) is 20.0. The van der Waals surface area contributed by atoms with Crippen LogP contribution in [0.3, 0.4) is 0 Å². The molecule has 162 valence electrons. The Hall–Kier alpha value is -1.88. The van der Waals surface area contributed by atoms with Gasteiger partial charge in [0.2, 0.25) is 5.78 Å². The standard InChI is InChI=1S/C21H24O9/c1-8-14(22)20-15(23)10-6-5-7-11(27-3)12(10)17(28-4)21(20,30-20)18(25)19(8,26)16(24)13-9(2)29-13/h5-9,13-14,17-18,22,25-26H,1-4H3/t8-,9-,13+,14+,17-,18-,19+,20+,21+/m0/s1. The van der Waals surface area contributed by atoms with Crippen LogP contribution in [0.1, 0.15) is 35.9 Å². The second kappa shape index (κ2) is 5.87.